The molecule has 0 amide bonds. The van der Waals surface area contributed by atoms with Crippen LogP contribution in [0.5, 0.6) is 11.6 Å². The van der Waals surface area contributed by atoms with E-state index in [0.29, 0.717) is 12.1 Å². The topological polar surface area (TPSA) is 90.6 Å². The minimum absolute atomic E-state index is 0.0460. The second-order valence-corrected chi connectivity index (χ2v) is 8.08. The summed E-state index contributed by atoms with van der Waals surface area (Å²) in [4.78, 5) is 20.9. The second-order valence-electron chi connectivity index (χ2n) is 6.45. The van der Waals surface area contributed by atoms with E-state index < -0.39 is 5.56 Å². The van der Waals surface area contributed by atoms with Crippen LogP contribution in [0.1, 0.15) is 22.8 Å². The minimum atomic E-state index is -0.465. The van der Waals surface area contributed by atoms with Gasteiger partial charge in [-0.1, -0.05) is 24.3 Å². The SMILES string of the molecule is Cn1c(O)c(C2=Nc3ccccc3SC(c3ccc(O)cc3)C2)c(=O)[nH]c1=S. The average Bonchev–Trinajstić information content (AvgIpc) is 2.86. The minimum Gasteiger partial charge on any atom is -0.508 e. The number of thioether (sulfide) groups is 1. The van der Waals surface area contributed by atoms with Crippen LogP contribution in [0.15, 0.2) is 63.2 Å². The van der Waals surface area contributed by atoms with E-state index in [-0.39, 0.29) is 27.2 Å². The molecule has 0 spiro atoms. The number of hydrogen-bond donors (Lipinski definition) is 3. The van der Waals surface area contributed by atoms with Gasteiger partial charge in [0.15, 0.2) is 4.77 Å². The fourth-order valence-electron chi connectivity index (χ4n) is 3.11. The van der Waals surface area contributed by atoms with Gasteiger partial charge in [0.1, 0.15) is 11.3 Å². The summed E-state index contributed by atoms with van der Waals surface area (Å²) in [6.45, 7) is 0. The Hall–Kier alpha value is -2.84. The molecule has 2 aromatic carbocycles. The Morgan fingerprint density at radius 3 is 2.64 bits per heavy atom. The van der Waals surface area contributed by atoms with Crippen LogP contribution in [0.2, 0.25) is 0 Å². The van der Waals surface area contributed by atoms with Crippen LogP contribution in [0.25, 0.3) is 0 Å². The summed E-state index contributed by atoms with van der Waals surface area (Å²) in [5, 5.41) is 20.2. The number of para-hydroxylation sites is 1. The fourth-order valence-corrected chi connectivity index (χ4v) is 4.52. The summed E-state index contributed by atoms with van der Waals surface area (Å²) in [7, 11) is 1.59. The van der Waals surface area contributed by atoms with Crippen LogP contribution in [-0.4, -0.2) is 25.5 Å². The van der Waals surface area contributed by atoms with Gasteiger partial charge in [0, 0.05) is 23.6 Å². The maximum Gasteiger partial charge on any atom is 0.264 e. The van der Waals surface area contributed by atoms with Crippen molar-refractivity contribution >= 4 is 35.4 Å². The van der Waals surface area contributed by atoms with Crippen LogP contribution in [0.4, 0.5) is 5.69 Å². The number of fused-ring (bicyclic) bond motifs is 1. The molecule has 3 N–H and O–H groups in total. The van der Waals surface area contributed by atoms with Crippen molar-refractivity contribution in [3.63, 3.8) is 0 Å². The summed E-state index contributed by atoms with van der Waals surface area (Å²) >= 11 is 6.71. The monoisotopic (exact) mass is 411 g/mol. The maximum atomic E-state index is 12.6. The summed E-state index contributed by atoms with van der Waals surface area (Å²) in [5.41, 5.74) is 1.88. The molecule has 0 fully saturated rings. The molecule has 8 heteroatoms. The van der Waals surface area contributed by atoms with Crippen molar-refractivity contribution in [2.75, 3.05) is 0 Å². The number of hydrogen-bond acceptors (Lipinski definition) is 6. The number of benzene rings is 2. The third-order valence-corrected chi connectivity index (χ3v) is 6.31. The molecule has 0 saturated heterocycles. The van der Waals surface area contributed by atoms with Crippen molar-refractivity contribution in [1.29, 1.82) is 0 Å². The van der Waals surface area contributed by atoms with Crippen LogP contribution < -0.4 is 5.56 Å². The average molecular weight is 412 g/mol. The number of phenolic OH excluding ortho intramolecular Hbond substituents is 1. The molecule has 1 aliphatic heterocycles. The molecule has 4 rings (SSSR count). The molecule has 28 heavy (non-hydrogen) atoms. The van der Waals surface area contributed by atoms with E-state index in [1.54, 1.807) is 30.9 Å². The van der Waals surface area contributed by atoms with Crippen LogP contribution in [0.3, 0.4) is 0 Å². The molecule has 6 nitrogen and oxygen atoms in total. The first-order valence-corrected chi connectivity index (χ1v) is 9.87. The molecule has 1 atom stereocenters. The number of H-pyrrole nitrogens is 1. The fraction of sp³-hybridized carbons (Fsp3) is 0.150. The first-order valence-electron chi connectivity index (χ1n) is 8.59. The molecule has 0 radical (unpaired) electrons. The molecular formula is C20H17N3O3S2. The summed E-state index contributed by atoms with van der Waals surface area (Å²) in [5.74, 6) is -0.0138. The van der Waals surface area contributed by atoms with Gasteiger partial charge in [-0.25, -0.2) is 0 Å². The van der Waals surface area contributed by atoms with Gasteiger partial charge in [0.25, 0.3) is 5.56 Å². The number of aromatic nitrogens is 2. The predicted octanol–water partition coefficient (Wildman–Crippen LogP) is 4.21. The van der Waals surface area contributed by atoms with Gasteiger partial charge in [0.2, 0.25) is 5.88 Å². The standard InChI is InChI=1S/C20H17N3O3S2/c1-23-19(26)17(18(25)22-20(23)27)14-10-16(11-6-8-12(24)9-7-11)28-15-5-3-2-4-13(15)21-14/h2-9,16,24,26H,10H2,1H3,(H,22,25,27). The van der Waals surface area contributed by atoms with Crippen LogP contribution in [-0.2, 0) is 7.05 Å². The lowest BCUT2D eigenvalue weighted by Crippen LogP contribution is -2.23. The number of phenols is 1. The third kappa shape index (κ3) is 3.36. The zero-order chi connectivity index (χ0) is 19.8. The van der Waals surface area contributed by atoms with E-state index in [4.69, 9.17) is 17.2 Å². The van der Waals surface area contributed by atoms with E-state index in [9.17, 15) is 15.0 Å². The second kappa shape index (κ2) is 7.29. The van der Waals surface area contributed by atoms with Gasteiger partial charge >= 0.3 is 0 Å². The summed E-state index contributed by atoms with van der Waals surface area (Å²) in [6.07, 6.45) is 0.428. The van der Waals surface area contributed by atoms with Gasteiger partial charge < -0.3 is 10.2 Å². The van der Waals surface area contributed by atoms with E-state index in [1.165, 1.54) is 4.57 Å². The molecule has 3 aromatic rings. The van der Waals surface area contributed by atoms with Gasteiger partial charge in [-0.05, 0) is 42.0 Å². The number of nitrogens with zero attached hydrogens (tertiary/aromatic N) is 2. The van der Waals surface area contributed by atoms with E-state index in [2.05, 4.69) is 4.98 Å². The molecule has 1 unspecified atom stereocenters. The molecule has 1 aromatic heterocycles. The highest BCUT2D eigenvalue weighted by molar-refractivity contribution is 7.99. The zero-order valence-corrected chi connectivity index (χ0v) is 16.5. The van der Waals surface area contributed by atoms with Crippen molar-refractivity contribution in [2.45, 2.75) is 16.6 Å². The lowest BCUT2D eigenvalue weighted by molar-refractivity contribution is 0.419. The highest BCUT2D eigenvalue weighted by Gasteiger charge is 2.26. The Labute approximate surface area is 170 Å². The number of aromatic amines is 1. The summed E-state index contributed by atoms with van der Waals surface area (Å²) < 4.78 is 1.50. The molecular weight excluding hydrogens is 394 g/mol. The first-order chi connectivity index (χ1) is 13.4. The largest absolute Gasteiger partial charge is 0.508 e. The van der Waals surface area contributed by atoms with Gasteiger partial charge in [-0.3, -0.25) is 19.3 Å². The normalized spacial score (nSPS) is 16.2. The predicted molar refractivity (Wildman–Crippen MR) is 112 cm³/mol. The van der Waals surface area contributed by atoms with Crippen molar-refractivity contribution < 1.29 is 10.2 Å². The lowest BCUT2D eigenvalue weighted by Gasteiger charge is -2.17. The van der Waals surface area contributed by atoms with E-state index in [1.807, 2.05) is 36.4 Å². The highest BCUT2D eigenvalue weighted by atomic mass is 32.2. The highest BCUT2D eigenvalue weighted by Crippen LogP contribution is 2.45. The molecule has 2 heterocycles. The Morgan fingerprint density at radius 1 is 1.18 bits per heavy atom. The first kappa shape index (κ1) is 18.5. The van der Waals surface area contributed by atoms with Crippen LogP contribution in [0, 0.1) is 4.77 Å². The van der Waals surface area contributed by atoms with Crippen molar-refractivity contribution in [1.82, 2.24) is 9.55 Å². The Morgan fingerprint density at radius 2 is 1.89 bits per heavy atom. The van der Waals surface area contributed by atoms with Crippen molar-refractivity contribution in [2.24, 2.45) is 12.0 Å². The lowest BCUT2D eigenvalue weighted by atomic mass is 10.0. The maximum absolute atomic E-state index is 12.6. The Balaban J connectivity index is 1.90. The smallest absolute Gasteiger partial charge is 0.264 e. The van der Waals surface area contributed by atoms with Crippen molar-refractivity contribution in [3.8, 4) is 11.6 Å². The number of aliphatic imine (C=N–C) groups is 1. The molecule has 0 saturated carbocycles. The van der Waals surface area contributed by atoms with Gasteiger partial charge in [0.05, 0.1) is 11.4 Å². The number of nitrogens with one attached hydrogen (secondary N) is 1. The molecule has 1 aliphatic rings. The van der Waals surface area contributed by atoms with Crippen LogP contribution >= 0.6 is 24.0 Å². The van der Waals surface area contributed by atoms with E-state index in [0.717, 1.165) is 16.1 Å². The Kier molecular flexibility index (Phi) is 4.82. The number of aromatic hydroxyl groups is 2. The molecule has 0 aliphatic carbocycles. The quantitative estimate of drug-likeness (QED) is 0.550. The van der Waals surface area contributed by atoms with Crippen molar-refractivity contribution in [3.05, 3.63) is 74.8 Å². The third-order valence-electron chi connectivity index (χ3n) is 4.62. The van der Waals surface area contributed by atoms with Gasteiger partial charge in [-0.2, -0.15) is 0 Å². The zero-order valence-electron chi connectivity index (χ0n) is 14.9. The van der Waals surface area contributed by atoms with Gasteiger partial charge in [-0.15, -0.1) is 11.8 Å². The van der Waals surface area contributed by atoms with E-state index >= 15 is 0 Å². The Bertz CT molecular complexity index is 1200. The number of rotatable bonds is 2. The molecule has 142 valence electrons. The summed E-state index contributed by atoms with van der Waals surface area (Å²) in [6, 6.07) is 14.7. The molecule has 0 bridgehead atoms.